The Hall–Kier alpha value is -3.40. The predicted molar refractivity (Wildman–Crippen MR) is 116 cm³/mol. The molecule has 30 heavy (non-hydrogen) atoms. The van der Waals surface area contributed by atoms with Gasteiger partial charge in [0.1, 0.15) is 0 Å². The molecule has 0 bridgehead atoms. The maximum atomic E-state index is 12.7. The molecule has 0 aromatic heterocycles. The summed E-state index contributed by atoms with van der Waals surface area (Å²) in [5.41, 5.74) is 6.75. The van der Waals surface area contributed by atoms with Gasteiger partial charge in [-0.05, 0) is 71.7 Å². The van der Waals surface area contributed by atoms with Crippen LogP contribution in [0.25, 0.3) is 0 Å². The zero-order valence-electron chi connectivity index (χ0n) is 16.9. The highest BCUT2D eigenvalue weighted by molar-refractivity contribution is 6.07. The molecule has 5 rings (SSSR count). The van der Waals surface area contributed by atoms with Crippen molar-refractivity contribution >= 4 is 23.3 Å². The number of carbonyl (C=O) groups excluding carboxylic acids is 2. The van der Waals surface area contributed by atoms with E-state index in [4.69, 9.17) is 4.74 Å². The van der Waals surface area contributed by atoms with Crippen LogP contribution in [-0.2, 0) is 22.4 Å². The van der Waals surface area contributed by atoms with E-state index in [0.717, 1.165) is 28.1 Å². The van der Waals surface area contributed by atoms with Crippen molar-refractivity contribution in [2.45, 2.75) is 31.6 Å². The van der Waals surface area contributed by atoms with Gasteiger partial charge >= 0.3 is 5.97 Å². The summed E-state index contributed by atoms with van der Waals surface area (Å²) < 4.78 is 5.03. The van der Waals surface area contributed by atoms with Crippen molar-refractivity contribution in [2.24, 2.45) is 0 Å². The van der Waals surface area contributed by atoms with E-state index in [1.807, 2.05) is 48.5 Å². The predicted octanol–water partition coefficient (Wildman–Crippen LogP) is 5.16. The zero-order chi connectivity index (χ0) is 20.7. The highest BCUT2D eigenvalue weighted by atomic mass is 16.5. The third-order valence-corrected chi connectivity index (χ3v) is 5.97. The number of ether oxygens (including phenoxy) is 1. The minimum Gasteiger partial charge on any atom is -0.465 e. The maximum absolute atomic E-state index is 12.7. The highest BCUT2D eigenvalue weighted by Gasteiger charge is 2.29. The van der Waals surface area contributed by atoms with Crippen LogP contribution in [-0.4, -0.2) is 19.0 Å². The molecule has 0 saturated heterocycles. The minimum absolute atomic E-state index is 0.0809. The summed E-state index contributed by atoms with van der Waals surface area (Å²) in [6, 6.07) is 22.0. The first-order chi connectivity index (χ1) is 14.6. The monoisotopic (exact) mass is 397 g/mol. The van der Waals surface area contributed by atoms with E-state index in [0.29, 0.717) is 24.3 Å². The van der Waals surface area contributed by atoms with Crippen LogP contribution >= 0.6 is 0 Å². The third-order valence-electron chi connectivity index (χ3n) is 5.97. The molecule has 4 nitrogen and oxygen atoms in total. The topological polar surface area (TPSA) is 46.6 Å². The van der Waals surface area contributed by atoms with Crippen LogP contribution in [0.2, 0.25) is 0 Å². The first-order valence-corrected chi connectivity index (χ1v) is 10.3. The van der Waals surface area contributed by atoms with Crippen molar-refractivity contribution in [3.63, 3.8) is 0 Å². The molecular weight excluding hydrogens is 374 g/mol. The Bertz CT molecular complexity index is 1130. The Morgan fingerprint density at radius 2 is 1.83 bits per heavy atom. The van der Waals surface area contributed by atoms with Gasteiger partial charge in [0.15, 0.2) is 0 Å². The van der Waals surface area contributed by atoms with Crippen molar-refractivity contribution < 1.29 is 14.3 Å². The number of amides is 1. The molecule has 4 heteroatoms. The molecule has 0 N–H and O–H groups in total. The van der Waals surface area contributed by atoms with Crippen LogP contribution in [0.1, 0.15) is 51.4 Å². The fraction of sp³-hybridized carbons (Fsp3) is 0.231. The summed E-state index contributed by atoms with van der Waals surface area (Å²) in [6.07, 6.45) is 3.40. The fourth-order valence-corrected chi connectivity index (χ4v) is 4.28. The van der Waals surface area contributed by atoms with E-state index in [1.165, 1.54) is 25.5 Å². The number of anilines is 2. The molecule has 1 aliphatic heterocycles. The number of fused-ring (bicyclic) bond motifs is 1. The Kier molecular flexibility index (Phi) is 4.62. The average molecular weight is 397 g/mol. The lowest BCUT2D eigenvalue weighted by molar-refractivity contribution is -0.116. The summed E-state index contributed by atoms with van der Waals surface area (Å²) in [5, 5.41) is 0. The van der Waals surface area contributed by atoms with Gasteiger partial charge in [0.2, 0.25) is 5.91 Å². The van der Waals surface area contributed by atoms with Crippen LogP contribution in [0, 0.1) is 0 Å². The second-order valence-electron chi connectivity index (χ2n) is 8.06. The molecule has 1 aliphatic carbocycles. The van der Waals surface area contributed by atoms with Crippen LogP contribution < -0.4 is 4.90 Å². The Labute approximate surface area is 176 Å². The number of esters is 1. The van der Waals surface area contributed by atoms with Gasteiger partial charge in [0.05, 0.1) is 24.8 Å². The standard InChI is InChI=1S/C26H23NO3/c1-30-26(29)23-15-19(18-8-9-18)10-11-20(23)13-17-7-12-24-21(14-17)16-25(28)27(24)22-5-3-2-4-6-22/h2-7,10-12,14-15,18H,8-9,13,16H2,1H3. The SMILES string of the molecule is COC(=O)c1cc(C2CC2)ccc1Cc1ccc2c(c1)CC(=O)N2c1ccccc1. The quantitative estimate of drug-likeness (QED) is 0.559. The molecule has 1 amide bonds. The van der Waals surface area contributed by atoms with E-state index >= 15 is 0 Å². The number of hydrogen-bond acceptors (Lipinski definition) is 3. The molecule has 0 atom stereocenters. The number of carbonyl (C=O) groups is 2. The van der Waals surface area contributed by atoms with Gasteiger partial charge < -0.3 is 4.74 Å². The average Bonchev–Trinajstić information content (AvgIpc) is 3.56. The smallest absolute Gasteiger partial charge is 0.338 e. The number of benzene rings is 3. The molecular formula is C26H23NO3. The fourth-order valence-electron chi connectivity index (χ4n) is 4.28. The molecule has 1 saturated carbocycles. The van der Waals surface area contributed by atoms with Gasteiger partial charge in [-0.2, -0.15) is 0 Å². The van der Waals surface area contributed by atoms with Crippen molar-refractivity contribution in [3.8, 4) is 0 Å². The van der Waals surface area contributed by atoms with Crippen molar-refractivity contribution in [1.29, 1.82) is 0 Å². The maximum Gasteiger partial charge on any atom is 0.338 e. The second kappa shape index (κ2) is 7.45. The molecule has 1 heterocycles. The lowest BCUT2D eigenvalue weighted by atomic mass is 9.95. The number of hydrogen-bond donors (Lipinski definition) is 0. The molecule has 3 aromatic carbocycles. The zero-order valence-corrected chi connectivity index (χ0v) is 16.9. The normalized spacial score (nSPS) is 15.2. The summed E-state index contributed by atoms with van der Waals surface area (Å²) in [4.78, 5) is 26.8. The molecule has 0 spiro atoms. The summed E-state index contributed by atoms with van der Waals surface area (Å²) in [7, 11) is 1.43. The van der Waals surface area contributed by atoms with E-state index < -0.39 is 0 Å². The third kappa shape index (κ3) is 3.39. The minimum atomic E-state index is -0.293. The summed E-state index contributed by atoms with van der Waals surface area (Å²) in [5.74, 6) is 0.369. The van der Waals surface area contributed by atoms with Crippen LogP contribution in [0.4, 0.5) is 11.4 Å². The summed E-state index contributed by atoms with van der Waals surface area (Å²) >= 11 is 0. The van der Waals surface area contributed by atoms with Crippen molar-refractivity contribution in [3.05, 3.63) is 94.5 Å². The molecule has 1 fully saturated rings. The van der Waals surface area contributed by atoms with Gasteiger partial charge in [-0.15, -0.1) is 0 Å². The Balaban J connectivity index is 1.45. The highest BCUT2D eigenvalue weighted by Crippen LogP contribution is 2.41. The van der Waals surface area contributed by atoms with Gasteiger partial charge in [-0.25, -0.2) is 4.79 Å². The van der Waals surface area contributed by atoms with Gasteiger partial charge in [0.25, 0.3) is 0 Å². The van der Waals surface area contributed by atoms with E-state index in [9.17, 15) is 9.59 Å². The number of nitrogens with zero attached hydrogens (tertiary/aromatic N) is 1. The van der Waals surface area contributed by atoms with E-state index in [2.05, 4.69) is 18.2 Å². The number of methoxy groups -OCH3 is 1. The Morgan fingerprint density at radius 3 is 2.57 bits per heavy atom. The molecule has 150 valence electrons. The van der Waals surface area contributed by atoms with E-state index in [-0.39, 0.29) is 11.9 Å². The van der Waals surface area contributed by atoms with Crippen molar-refractivity contribution in [1.82, 2.24) is 0 Å². The largest absolute Gasteiger partial charge is 0.465 e. The van der Waals surface area contributed by atoms with Gasteiger partial charge in [0, 0.05) is 5.69 Å². The van der Waals surface area contributed by atoms with Gasteiger partial charge in [-0.1, -0.05) is 42.5 Å². The Morgan fingerprint density at radius 1 is 1.03 bits per heavy atom. The number of para-hydroxylation sites is 1. The molecule has 2 aliphatic rings. The first-order valence-electron chi connectivity index (χ1n) is 10.3. The van der Waals surface area contributed by atoms with E-state index in [1.54, 1.807) is 4.90 Å². The van der Waals surface area contributed by atoms with Crippen LogP contribution in [0.15, 0.2) is 66.7 Å². The lowest BCUT2D eigenvalue weighted by Crippen LogP contribution is -2.20. The lowest BCUT2D eigenvalue weighted by Gasteiger charge is -2.18. The van der Waals surface area contributed by atoms with Crippen LogP contribution in [0.5, 0.6) is 0 Å². The van der Waals surface area contributed by atoms with Crippen molar-refractivity contribution in [2.75, 3.05) is 12.0 Å². The van der Waals surface area contributed by atoms with Crippen LogP contribution in [0.3, 0.4) is 0 Å². The molecule has 0 unspecified atom stereocenters. The first kappa shape index (κ1) is 18.6. The van der Waals surface area contributed by atoms with Gasteiger partial charge in [-0.3, -0.25) is 9.69 Å². The second-order valence-corrected chi connectivity index (χ2v) is 8.06. The number of rotatable bonds is 5. The molecule has 0 radical (unpaired) electrons. The summed E-state index contributed by atoms with van der Waals surface area (Å²) in [6.45, 7) is 0. The molecule has 3 aromatic rings.